The molecule has 4 rings (SSSR count). The highest BCUT2D eigenvalue weighted by atomic mass is 16.5. The molecule has 1 aliphatic heterocycles. The summed E-state index contributed by atoms with van der Waals surface area (Å²) in [5.74, 6) is 2.43. The summed E-state index contributed by atoms with van der Waals surface area (Å²) < 4.78 is 18.7. The van der Waals surface area contributed by atoms with E-state index in [0.29, 0.717) is 30.3 Å². The predicted molar refractivity (Wildman–Crippen MR) is 114 cm³/mol. The molecule has 1 amide bonds. The molecular weight excluding hydrogens is 396 g/mol. The fourth-order valence-electron chi connectivity index (χ4n) is 3.72. The van der Waals surface area contributed by atoms with Crippen LogP contribution in [0.5, 0.6) is 11.5 Å². The van der Waals surface area contributed by atoms with Gasteiger partial charge in [-0.05, 0) is 23.3 Å². The fourth-order valence-corrected chi connectivity index (χ4v) is 3.72. The van der Waals surface area contributed by atoms with Crippen molar-refractivity contribution in [2.24, 2.45) is 0 Å². The van der Waals surface area contributed by atoms with E-state index in [9.17, 15) is 4.79 Å². The summed E-state index contributed by atoms with van der Waals surface area (Å²) in [5.41, 5.74) is 1.95. The largest absolute Gasteiger partial charge is 0.493 e. The van der Waals surface area contributed by atoms with Crippen molar-refractivity contribution in [3.05, 3.63) is 71.3 Å². The van der Waals surface area contributed by atoms with Crippen LogP contribution in [0.15, 0.2) is 48.5 Å². The number of aromatic nitrogens is 3. The third-order valence-electron chi connectivity index (χ3n) is 5.27. The van der Waals surface area contributed by atoms with Gasteiger partial charge in [0.05, 0.1) is 26.8 Å². The van der Waals surface area contributed by atoms with Gasteiger partial charge in [0, 0.05) is 6.42 Å². The number of carbonyl (C=O) groups is 1. The molecule has 0 bridgehead atoms. The van der Waals surface area contributed by atoms with Crippen LogP contribution in [0.1, 0.15) is 41.8 Å². The van der Waals surface area contributed by atoms with Crippen LogP contribution in [0.2, 0.25) is 0 Å². The second-order valence-electron chi connectivity index (χ2n) is 7.27. The van der Waals surface area contributed by atoms with Crippen LogP contribution in [-0.2, 0) is 22.5 Å². The molecule has 2 aromatic carbocycles. The lowest BCUT2D eigenvalue weighted by Gasteiger charge is -2.32. The van der Waals surface area contributed by atoms with Gasteiger partial charge in [-0.15, -0.1) is 0 Å². The van der Waals surface area contributed by atoms with Gasteiger partial charge in [0.2, 0.25) is 5.91 Å². The van der Waals surface area contributed by atoms with Crippen molar-refractivity contribution in [3.8, 4) is 11.5 Å². The molecule has 2 atom stereocenters. The summed E-state index contributed by atoms with van der Waals surface area (Å²) in [6.45, 7) is 2.55. The van der Waals surface area contributed by atoms with Crippen molar-refractivity contribution in [3.63, 3.8) is 0 Å². The standard InChI is InChI=1S/C23H26N4O4/c1-4-19-24-23(27(26-19)13-15-8-6-5-7-9-15)22-21(25-20(28)14-31-22)16-10-11-17(29-2)18(12-16)30-3/h5-12,21-22H,4,13-14H2,1-3H3,(H,25,28)/t21-,22+/m1/s1. The monoisotopic (exact) mass is 422 g/mol. The number of nitrogens with one attached hydrogen (secondary N) is 1. The first-order valence-corrected chi connectivity index (χ1v) is 10.2. The predicted octanol–water partition coefficient (Wildman–Crippen LogP) is 2.83. The molecule has 8 nitrogen and oxygen atoms in total. The van der Waals surface area contributed by atoms with E-state index in [1.165, 1.54) is 0 Å². The minimum Gasteiger partial charge on any atom is -0.493 e. The number of rotatable bonds is 7. The Hall–Kier alpha value is -3.39. The number of benzene rings is 2. The number of morpholine rings is 1. The first-order chi connectivity index (χ1) is 15.1. The second-order valence-corrected chi connectivity index (χ2v) is 7.27. The van der Waals surface area contributed by atoms with Gasteiger partial charge in [-0.25, -0.2) is 9.67 Å². The van der Waals surface area contributed by atoms with E-state index in [-0.39, 0.29) is 12.5 Å². The third-order valence-corrected chi connectivity index (χ3v) is 5.27. The third kappa shape index (κ3) is 4.39. The van der Waals surface area contributed by atoms with Crippen LogP contribution < -0.4 is 14.8 Å². The van der Waals surface area contributed by atoms with E-state index < -0.39 is 12.1 Å². The Morgan fingerprint density at radius 2 is 1.90 bits per heavy atom. The van der Waals surface area contributed by atoms with Gasteiger partial charge in [0.1, 0.15) is 12.7 Å². The number of hydrogen-bond donors (Lipinski definition) is 1. The van der Waals surface area contributed by atoms with Crippen LogP contribution in [0.3, 0.4) is 0 Å². The van der Waals surface area contributed by atoms with Crippen molar-refractivity contribution in [1.29, 1.82) is 0 Å². The maximum absolute atomic E-state index is 12.2. The summed E-state index contributed by atoms with van der Waals surface area (Å²) in [7, 11) is 3.17. The zero-order valence-electron chi connectivity index (χ0n) is 17.9. The lowest BCUT2D eigenvalue weighted by molar-refractivity contribution is -0.138. The zero-order valence-corrected chi connectivity index (χ0v) is 17.9. The van der Waals surface area contributed by atoms with Crippen molar-refractivity contribution >= 4 is 5.91 Å². The van der Waals surface area contributed by atoms with Crippen LogP contribution >= 0.6 is 0 Å². The van der Waals surface area contributed by atoms with Crippen molar-refractivity contribution in [2.75, 3.05) is 20.8 Å². The fraction of sp³-hybridized carbons (Fsp3) is 0.348. The Labute approximate surface area is 181 Å². The van der Waals surface area contributed by atoms with Gasteiger partial charge in [-0.2, -0.15) is 5.10 Å². The van der Waals surface area contributed by atoms with Gasteiger partial charge in [0.15, 0.2) is 23.1 Å². The summed E-state index contributed by atoms with van der Waals surface area (Å²) in [6.07, 6.45) is 0.210. The van der Waals surface area contributed by atoms with Crippen LogP contribution in [0, 0.1) is 0 Å². The number of hydrogen-bond acceptors (Lipinski definition) is 6. The second kappa shape index (κ2) is 9.18. The van der Waals surface area contributed by atoms with E-state index in [1.54, 1.807) is 14.2 Å². The molecule has 0 spiro atoms. The molecule has 1 N–H and O–H groups in total. The summed E-state index contributed by atoms with van der Waals surface area (Å²) in [4.78, 5) is 16.9. The average molecular weight is 422 g/mol. The molecule has 1 saturated heterocycles. The molecule has 1 aliphatic rings. The van der Waals surface area contributed by atoms with Gasteiger partial charge in [-0.3, -0.25) is 4.79 Å². The topological polar surface area (TPSA) is 87.5 Å². The number of carbonyl (C=O) groups excluding carboxylic acids is 1. The molecule has 0 saturated carbocycles. The molecule has 2 heterocycles. The van der Waals surface area contributed by atoms with Crippen LogP contribution in [0.4, 0.5) is 0 Å². The molecular formula is C23H26N4O4. The van der Waals surface area contributed by atoms with Gasteiger partial charge >= 0.3 is 0 Å². The van der Waals surface area contributed by atoms with E-state index >= 15 is 0 Å². The van der Waals surface area contributed by atoms with Gasteiger partial charge in [-0.1, -0.05) is 43.3 Å². The normalized spacial score (nSPS) is 18.5. The first kappa shape index (κ1) is 20.9. The number of aryl methyl sites for hydroxylation is 1. The Kier molecular flexibility index (Phi) is 6.18. The van der Waals surface area contributed by atoms with Gasteiger partial charge in [0.25, 0.3) is 0 Å². The Bertz CT molecular complexity index is 1050. The lowest BCUT2D eigenvalue weighted by atomic mass is 9.98. The summed E-state index contributed by atoms with van der Waals surface area (Å²) in [6, 6.07) is 15.2. The summed E-state index contributed by atoms with van der Waals surface area (Å²) >= 11 is 0. The maximum Gasteiger partial charge on any atom is 0.246 e. The molecule has 0 aliphatic carbocycles. The van der Waals surface area contributed by atoms with Gasteiger partial charge < -0.3 is 19.5 Å². The Balaban J connectivity index is 1.73. The zero-order chi connectivity index (χ0) is 21.8. The molecule has 31 heavy (non-hydrogen) atoms. The number of nitrogens with zero attached hydrogens (tertiary/aromatic N) is 3. The average Bonchev–Trinajstić information content (AvgIpc) is 3.21. The van der Waals surface area contributed by atoms with Crippen LogP contribution in [0.25, 0.3) is 0 Å². The highest BCUT2D eigenvalue weighted by Crippen LogP contribution is 2.37. The summed E-state index contributed by atoms with van der Waals surface area (Å²) in [5, 5.41) is 7.72. The SMILES string of the molecule is CCc1nc([C@H]2OCC(=O)N[C@@H]2c2ccc(OC)c(OC)c2)n(Cc2ccccc2)n1. The number of amides is 1. The van der Waals surface area contributed by atoms with Crippen molar-refractivity contribution < 1.29 is 19.0 Å². The molecule has 0 radical (unpaired) electrons. The van der Waals surface area contributed by atoms with E-state index in [1.807, 2.05) is 60.1 Å². The Morgan fingerprint density at radius 3 is 2.61 bits per heavy atom. The lowest BCUT2D eigenvalue weighted by Crippen LogP contribution is -2.42. The highest BCUT2D eigenvalue weighted by molar-refractivity contribution is 5.78. The maximum atomic E-state index is 12.2. The molecule has 0 unspecified atom stereocenters. The van der Waals surface area contributed by atoms with Crippen molar-refractivity contribution in [2.45, 2.75) is 32.0 Å². The van der Waals surface area contributed by atoms with Crippen molar-refractivity contribution in [1.82, 2.24) is 20.1 Å². The minimum atomic E-state index is -0.493. The van der Waals surface area contributed by atoms with E-state index in [2.05, 4.69) is 10.4 Å². The first-order valence-electron chi connectivity index (χ1n) is 10.2. The van der Waals surface area contributed by atoms with E-state index in [0.717, 1.165) is 17.0 Å². The Morgan fingerprint density at radius 1 is 1.13 bits per heavy atom. The smallest absolute Gasteiger partial charge is 0.246 e. The van der Waals surface area contributed by atoms with E-state index in [4.69, 9.17) is 19.2 Å². The molecule has 1 aromatic heterocycles. The van der Waals surface area contributed by atoms with Crippen LogP contribution in [-0.4, -0.2) is 41.5 Å². The molecule has 1 fully saturated rings. The molecule has 162 valence electrons. The molecule has 3 aromatic rings. The number of ether oxygens (including phenoxy) is 3. The molecule has 8 heteroatoms. The quantitative estimate of drug-likeness (QED) is 0.630. The minimum absolute atomic E-state index is 0.0336. The highest BCUT2D eigenvalue weighted by Gasteiger charge is 2.36. The number of methoxy groups -OCH3 is 2.